The molecule has 0 radical (unpaired) electrons. The Morgan fingerprint density at radius 2 is 1.61 bits per heavy atom. The minimum atomic E-state index is -2.34. The number of allylic oxidation sites excluding steroid dienone is 5. The van der Waals surface area contributed by atoms with E-state index < -0.39 is 76.2 Å². The van der Waals surface area contributed by atoms with Crippen LogP contribution in [0, 0.1) is 5.92 Å². The number of ether oxygens (including phenoxy) is 1. The van der Waals surface area contributed by atoms with E-state index in [0.29, 0.717) is 19.3 Å². The van der Waals surface area contributed by atoms with Crippen LogP contribution in [-0.2, 0) is 19.2 Å². The monoisotopic (exact) mass is 479 g/mol. The van der Waals surface area contributed by atoms with Crippen LogP contribution in [0.25, 0.3) is 0 Å². The van der Waals surface area contributed by atoms with Gasteiger partial charge in [0, 0.05) is 25.7 Å². The minimum Gasteiger partial charge on any atom is -0.458 e. The van der Waals surface area contributed by atoms with Crippen molar-refractivity contribution in [2.75, 3.05) is 0 Å². The molecule has 186 valence electrons. The van der Waals surface area contributed by atoms with E-state index in [1.165, 1.54) is 6.92 Å². The number of esters is 1. The molecule has 0 N–H and O–H groups in total. The van der Waals surface area contributed by atoms with Crippen LogP contribution < -0.4 is 0 Å². The summed E-state index contributed by atoms with van der Waals surface area (Å²) < 4.78 is 74.7. The maximum atomic E-state index is 14.4. The van der Waals surface area contributed by atoms with Gasteiger partial charge in [-0.25, -0.2) is 26.7 Å². The summed E-state index contributed by atoms with van der Waals surface area (Å²) in [5.41, 5.74) is -2.71. The molecule has 0 aromatic carbocycles. The summed E-state index contributed by atoms with van der Waals surface area (Å²) in [5, 5.41) is 1.63. The summed E-state index contributed by atoms with van der Waals surface area (Å²) in [4.78, 5) is 30.2. The molecule has 0 amide bonds. The maximum Gasteiger partial charge on any atom is 0.337 e. The highest BCUT2D eigenvalue weighted by molar-refractivity contribution is 5.90. The molecule has 2 aliphatic rings. The lowest BCUT2D eigenvalue weighted by molar-refractivity contribution is -0.300. The molecule has 1 aliphatic heterocycles. The van der Waals surface area contributed by atoms with E-state index in [0.717, 1.165) is 0 Å². The van der Waals surface area contributed by atoms with E-state index in [9.17, 15) is 31.5 Å². The van der Waals surface area contributed by atoms with Crippen molar-refractivity contribution in [3.05, 3.63) is 34.7 Å². The molecule has 2 rings (SSSR count). The van der Waals surface area contributed by atoms with Crippen molar-refractivity contribution in [2.24, 2.45) is 5.92 Å². The van der Waals surface area contributed by atoms with Crippen molar-refractivity contribution in [1.29, 1.82) is 0 Å². The first-order valence-corrected chi connectivity index (χ1v) is 10.9. The van der Waals surface area contributed by atoms with Gasteiger partial charge in [0.05, 0.1) is 16.7 Å². The summed E-state index contributed by atoms with van der Waals surface area (Å²) in [7, 11) is 0. The average molecular weight is 479 g/mol. The number of hydroxylamine groups is 2. The summed E-state index contributed by atoms with van der Waals surface area (Å²) in [6, 6.07) is 0. The van der Waals surface area contributed by atoms with Crippen molar-refractivity contribution in [3.8, 4) is 0 Å². The van der Waals surface area contributed by atoms with Crippen LogP contribution in [0.2, 0.25) is 0 Å². The number of carbonyl (C=O) groups excluding carboxylic acids is 2. The second-order valence-electron chi connectivity index (χ2n) is 9.09. The average Bonchev–Trinajstić information content (AvgIpc) is 2.82. The first kappa shape index (κ1) is 27.0. The molecule has 0 spiro atoms. The number of rotatable bonds is 6. The van der Waals surface area contributed by atoms with Gasteiger partial charge < -0.3 is 9.57 Å². The Morgan fingerprint density at radius 1 is 1.03 bits per heavy atom. The molecule has 10 heteroatoms. The lowest BCUT2D eigenvalue weighted by Gasteiger charge is -2.58. The SMILES string of the molecule is CCCC1(C)CC(OC(=O)C2=C(F)C(F)=C(F)C(F)=C(F)C2)C(C)C(C)(CC)N1OC(C)=O. The number of carbonyl (C=O) groups is 2. The molecule has 1 fully saturated rings. The molecule has 1 saturated heterocycles. The van der Waals surface area contributed by atoms with Gasteiger partial charge in [-0.15, -0.1) is 5.06 Å². The van der Waals surface area contributed by atoms with E-state index in [1.807, 2.05) is 27.7 Å². The zero-order valence-electron chi connectivity index (χ0n) is 19.7. The molecule has 33 heavy (non-hydrogen) atoms. The van der Waals surface area contributed by atoms with Crippen LogP contribution in [0.5, 0.6) is 0 Å². The number of piperidine rings is 1. The van der Waals surface area contributed by atoms with E-state index in [2.05, 4.69) is 0 Å². The molecule has 0 aromatic rings. The Balaban J connectivity index is 2.45. The summed E-state index contributed by atoms with van der Waals surface area (Å²) in [5.74, 6) is -13.0. The normalized spacial score (nSPS) is 31.6. The van der Waals surface area contributed by atoms with E-state index in [4.69, 9.17) is 9.57 Å². The Hall–Kier alpha value is -2.23. The zero-order chi connectivity index (χ0) is 25.3. The van der Waals surface area contributed by atoms with Crippen molar-refractivity contribution < 1.29 is 41.1 Å². The van der Waals surface area contributed by atoms with Gasteiger partial charge in [-0.1, -0.05) is 27.2 Å². The zero-order valence-corrected chi connectivity index (χ0v) is 19.7. The van der Waals surface area contributed by atoms with Crippen molar-refractivity contribution in [3.63, 3.8) is 0 Å². The summed E-state index contributed by atoms with van der Waals surface area (Å²) >= 11 is 0. The highest BCUT2D eigenvalue weighted by atomic mass is 19.2. The Morgan fingerprint density at radius 3 is 2.12 bits per heavy atom. The fraction of sp³-hybridized carbons (Fsp3) is 0.652. The lowest BCUT2D eigenvalue weighted by Crippen LogP contribution is -2.68. The molecular weight excluding hydrogens is 449 g/mol. The number of hydrogen-bond donors (Lipinski definition) is 0. The van der Waals surface area contributed by atoms with Gasteiger partial charge in [0.25, 0.3) is 0 Å². The first-order valence-electron chi connectivity index (χ1n) is 10.9. The molecule has 5 nitrogen and oxygen atoms in total. The van der Waals surface area contributed by atoms with E-state index >= 15 is 0 Å². The minimum absolute atomic E-state index is 0.172. The van der Waals surface area contributed by atoms with Gasteiger partial charge >= 0.3 is 11.9 Å². The highest BCUT2D eigenvalue weighted by Crippen LogP contribution is 2.48. The van der Waals surface area contributed by atoms with Gasteiger partial charge in [0.1, 0.15) is 11.9 Å². The van der Waals surface area contributed by atoms with Crippen molar-refractivity contribution >= 4 is 11.9 Å². The molecule has 4 atom stereocenters. The molecule has 4 unspecified atom stereocenters. The third-order valence-electron chi connectivity index (χ3n) is 6.78. The smallest absolute Gasteiger partial charge is 0.337 e. The maximum absolute atomic E-state index is 14.4. The Kier molecular flexibility index (Phi) is 8.14. The molecule has 1 aliphatic carbocycles. The van der Waals surface area contributed by atoms with Crippen LogP contribution in [0.4, 0.5) is 22.0 Å². The van der Waals surface area contributed by atoms with E-state index in [1.54, 1.807) is 12.0 Å². The van der Waals surface area contributed by atoms with Crippen LogP contribution in [0.1, 0.15) is 73.6 Å². The molecule has 0 aromatic heterocycles. The second-order valence-corrected chi connectivity index (χ2v) is 9.09. The Labute approximate surface area is 190 Å². The van der Waals surface area contributed by atoms with Crippen molar-refractivity contribution in [1.82, 2.24) is 5.06 Å². The highest BCUT2D eigenvalue weighted by Gasteiger charge is 2.56. The predicted octanol–water partition coefficient (Wildman–Crippen LogP) is 6.37. The molecule has 0 saturated carbocycles. The van der Waals surface area contributed by atoms with Crippen LogP contribution >= 0.6 is 0 Å². The number of halogens is 5. The van der Waals surface area contributed by atoms with Gasteiger partial charge in [-0.2, -0.15) is 0 Å². The van der Waals surface area contributed by atoms with Crippen LogP contribution in [0.15, 0.2) is 34.7 Å². The fourth-order valence-corrected chi connectivity index (χ4v) is 4.71. The quantitative estimate of drug-likeness (QED) is 0.327. The van der Waals surface area contributed by atoms with Crippen LogP contribution in [-0.4, -0.2) is 34.2 Å². The topological polar surface area (TPSA) is 55.8 Å². The second kappa shape index (κ2) is 9.95. The third-order valence-corrected chi connectivity index (χ3v) is 6.78. The summed E-state index contributed by atoms with van der Waals surface area (Å²) in [6.07, 6.45) is -0.230. The molecular formula is C23H30F5NO4. The Bertz CT molecular complexity index is 915. The fourth-order valence-electron chi connectivity index (χ4n) is 4.71. The third kappa shape index (κ3) is 5.00. The molecule has 0 bridgehead atoms. The van der Waals surface area contributed by atoms with Gasteiger partial charge in [0.15, 0.2) is 23.3 Å². The van der Waals surface area contributed by atoms with Gasteiger partial charge in [-0.3, -0.25) is 4.79 Å². The molecule has 1 heterocycles. The largest absolute Gasteiger partial charge is 0.458 e. The van der Waals surface area contributed by atoms with Crippen LogP contribution in [0.3, 0.4) is 0 Å². The number of hydrogen-bond acceptors (Lipinski definition) is 5. The van der Waals surface area contributed by atoms with Gasteiger partial charge in [-0.05, 0) is 26.7 Å². The number of nitrogens with zero attached hydrogens (tertiary/aromatic N) is 1. The first-order chi connectivity index (χ1) is 15.2. The lowest BCUT2D eigenvalue weighted by atomic mass is 9.69. The van der Waals surface area contributed by atoms with Crippen molar-refractivity contribution in [2.45, 2.75) is 90.8 Å². The predicted molar refractivity (Wildman–Crippen MR) is 111 cm³/mol. The standard InChI is InChI=1S/C23H30F5NO4/c1-7-9-22(5)11-16(12(3)23(6,8-2)29(22)33-13(4)30)32-21(31)14-10-15(24)18(26)20(28)19(27)17(14)25/h12,16H,7-11H2,1-6H3. The van der Waals surface area contributed by atoms with E-state index in [-0.39, 0.29) is 6.42 Å². The summed E-state index contributed by atoms with van der Waals surface area (Å²) in [6.45, 7) is 10.5. The van der Waals surface area contributed by atoms with Gasteiger partial charge in [0.2, 0.25) is 0 Å².